The number of nitrogens with two attached hydrogens (primary N) is 1. The molecule has 0 amide bonds. The van der Waals surface area contributed by atoms with Gasteiger partial charge in [0.2, 0.25) is 0 Å². The molecule has 108 valence electrons. The van der Waals surface area contributed by atoms with E-state index in [0.717, 1.165) is 0 Å². The van der Waals surface area contributed by atoms with Crippen LogP contribution >= 0.6 is 23.2 Å². The summed E-state index contributed by atoms with van der Waals surface area (Å²) in [7, 11) is 0. The van der Waals surface area contributed by atoms with Gasteiger partial charge in [0.05, 0.1) is 35.0 Å². The minimum atomic E-state index is 0.163. The molecule has 0 bridgehead atoms. The Morgan fingerprint density at radius 3 is 2.75 bits per heavy atom. The number of nitrogen functional groups attached to an aromatic ring is 1. The lowest BCUT2D eigenvalue weighted by Gasteiger charge is -2.09. The van der Waals surface area contributed by atoms with Crippen LogP contribution in [0.2, 0.25) is 10.0 Å². The van der Waals surface area contributed by atoms with E-state index in [4.69, 9.17) is 33.7 Å². The molecular formula is C12H15Cl2N5O. The predicted molar refractivity (Wildman–Crippen MR) is 78.8 cm³/mol. The van der Waals surface area contributed by atoms with E-state index in [-0.39, 0.29) is 6.10 Å². The molecule has 20 heavy (non-hydrogen) atoms. The van der Waals surface area contributed by atoms with Gasteiger partial charge in [-0.3, -0.25) is 0 Å². The predicted octanol–water partition coefficient (Wildman–Crippen LogP) is 2.65. The monoisotopic (exact) mass is 315 g/mol. The van der Waals surface area contributed by atoms with E-state index in [1.165, 1.54) is 0 Å². The van der Waals surface area contributed by atoms with Crippen LogP contribution in [-0.4, -0.2) is 32.9 Å². The summed E-state index contributed by atoms with van der Waals surface area (Å²) in [5.41, 5.74) is 6.90. The third-order valence-electron chi connectivity index (χ3n) is 2.60. The average molecular weight is 316 g/mol. The Bertz CT molecular complexity index is 576. The van der Waals surface area contributed by atoms with Crippen molar-refractivity contribution in [3.8, 4) is 11.4 Å². The number of rotatable bonds is 5. The molecule has 8 heteroatoms. The van der Waals surface area contributed by atoms with E-state index in [0.29, 0.717) is 40.3 Å². The molecule has 0 atom stereocenters. The van der Waals surface area contributed by atoms with E-state index < -0.39 is 0 Å². The number of hydrogen-bond acceptors (Lipinski definition) is 5. The number of aromatic nitrogens is 4. The maximum Gasteiger partial charge on any atom is 0.182 e. The number of tetrazole rings is 1. The first-order chi connectivity index (χ1) is 9.49. The number of nitrogens with zero attached hydrogens (tertiary/aromatic N) is 4. The first-order valence-corrected chi connectivity index (χ1v) is 6.87. The molecule has 6 nitrogen and oxygen atoms in total. The molecule has 0 aliphatic carbocycles. The second-order valence-corrected chi connectivity index (χ2v) is 5.29. The Kier molecular flexibility index (Phi) is 4.80. The van der Waals surface area contributed by atoms with Gasteiger partial charge in [-0.05, 0) is 36.4 Å². The van der Waals surface area contributed by atoms with Crippen LogP contribution in [0.25, 0.3) is 11.4 Å². The van der Waals surface area contributed by atoms with Gasteiger partial charge in [-0.1, -0.05) is 23.2 Å². The van der Waals surface area contributed by atoms with Crippen molar-refractivity contribution in [3.63, 3.8) is 0 Å². The van der Waals surface area contributed by atoms with E-state index in [1.807, 2.05) is 13.8 Å². The molecule has 0 radical (unpaired) electrons. The van der Waals surface area contributed by atoms with Crippen molar-refractivity contribution in [2.45, 2.75) is 26.5 Å². The third kappa shape index (κ3) is 3.39. The van der Waals surface area contributed by atoms with Crippen LogP contribution in [0, 0.1) is 0 Å². The van der Waals surface area contributed by atoms with Crippen molar-refractivity contribution in [2.75, 3.05) is 12.3 Å². The van der Waals surface area contributed by atoms with E-state index >= 15 is 0 Å². The summed E-state index contributed by atoms with van der Waals surface area (Å²) in [6, 6.07) is 3.38. The van der Waals surface area contributed by atoms with Gasteiger partial charge in [0.15, 0.2) is 5.82 Å². The normalized spacial score (nSPS) is 11.2. The van der Waals surface area contributed by atoms with Crippen molar-refractivity contribution in [1.82, 2.24) is 20.2 Å². The number of halogens is 2. The van der Waals surface area contributed by atoms with Crippen LogP contribution in [0.5, 0.6) is 0 Å². The largest absolute Gasteiger partial charge is 0.397 e. The zero-order valence-electron chi connectivity index (χ0n) is 11.2. The fourth-order valence-corrected chi connectivity index (χ4v) is 2.01. The quantitative estimate of drug-likeness (QED) is 0.858. The van der Waals surface area contributed by atoms with E-state index in [9.17, 15) is 0 Å². The van der Waals surface area contributed by atoms with Gasteiger partial charge in [-0.25, -0.2) is 4.68 Å². The molecule has 0 fully saturated rings. The summed E-state index contributed by atoms with van der Waals surface area (Å²) in [6.45, 7) is 5.01. The molecule has 0 aliphatic heterocycles. The number of ether oxygens (including phenoxy) is 1. The Morgan fingerprint density at radius 1 is 1.35 bits per heavy atom. The lowest BCUT2D eigenvalue weighted by molar-refractivity contribution is 0.0709. The highest BCUT2D eigenvalue weighted by molar-refractivity contribution is 6.43. The average Bonchev–Trinajstić information content (AvgIpc) is 2.83. The summed E-state index contributed by atoms with van der Waals surface area (Å²) in [5, 5.41) is 12.3. The van der Waals surface area contributed by atoms with Crippen LogP contribution in [0.3, 0.4) is 0 Å². The molecule has 0 unspecified atom stereocenters. The molecular weight excluding hydrogens is 301 g/mol. The molecule has 0 saturated carbocycles. The molecule has 2 aromatic rings. The van der Waals surface area contributed by atoms with Crippen LogP contribution < -0.4 is 5.73 Å². The third-order valence-corrected chi connectivity index (χ3v) is 3.42. The maximum atomic E-state index is 6.02. The zero-order chi connectivity index (χ0) is 14.7. The molecule has 1 heterocycles. The standard InChI is InChI=1S/C12H15Cl2N5O/c1-7(2)20-4-3-19-12(16-17-18-19)8-5-9(13)11(14)10(15)6-8/h5-7H,3-4,15H2,1-2H3. The number of hydrogen-bond donors (Lipinski definition) is 1. The van der Waals surface area contributed by atoms with Gasteiger partial charge >= 0.3 is 0 Å². The number of benzene rings is 1. The second-order valence-electron chi connectivity index (χ2n) is 4.51. The molecule has 0 saturated heterocycles. The summed E-state index contributed by atoms with van der Waals surface area (Å²) < 4.78 is 7.12. The first kappa shape index (κ1) is 15.0. The minimum Gasteiger partial charge on any atom is -0.397 e. The van der Waals surface area contributed by atoms with Crippen molar-refractivity contribution in [1.29, 1.82) is 0 Å². The summed E-state index contributed by atoms with van der Waals surface area (Å²) in [4.78, 5) is 0. The van der Waals surface area contributed by atoms with Crippen molar-refractivity contribution in [2.24, 2.45) is 0 Å². The van der Waals surface area contributed by atoms with E-state index in [1.54, 1.807) is 16.8 Å². The topological polar surface area (TPSA) is 78.8 Å². The summed E-state index contributed by atoms with van der Waals surface area (Å²) >= 11 is 12.0. The van der Waals surface area contributed by atoms with Crippen molar-refractivity contribution < 1.29 is 4.74 Å². The summed E-state index contributed by atoms with van der Waals surface area (Å²) in [5.74, 6) is 0.572. The Labute approximate surface area is 126 Å². The van der Waals surface area contributed by atoms with Gasteiger partial charge in [-0.15, -0.1) is 5.10 Å². The number of anilines is 1. The van der Waals surface area contributed by atoms with Gasteiger partial charge in [0, 0.05) is 5.56 Å². The molecule has 0 aliphatic rings. The van der Waals surface area contributed by atoms with Crippen LogP contribution in [0.4, 0.5) is 5.69 Å². The SMILES string of the molecule is CC(C)OCCn1nnnc1-c1cc(N)c(Cl)c(Cl)c1. The molecule has 1 aromatic heterocycles. The Balaban J connectivity index is 2.23. The van der Waals surface area contributed by atoms with Gasteiger partial charge in [0.1, 0.15) is 0 Å². The molecule has 2 N–H and O–H groups in total. The fraction of sp³-hybridized carbons (Fsp3) is 0.417. The second kappa shape index (κ2) is 6.39. The lowest BCUT2D eigenvalue weighted by atomic mass is 10.2. The van der Waals surface area contributed by atoms with E-state index in [2.05, 4.69) is 15.5 Å². The van der Waals surface area contributed by atoms with Crippen LogP contribution in [0.1, 0.15) is 13.8 Å². The maximum absolute atomic E-state index is 6.02. The van der Waals surface area contributed by atoms with Crippen LogP contribution in [-0.2, 0) is 11.3 Å². The lowest BCUT2D eigenvalue weighted by Crippen LogP contribution is -2.12. The molecule has 1 aromatic carbocycles. The highest BCUT2D eigenvalue weighted by Gasteiger charge is 2.13. The fourth-order valence-electron chi connectivity index (χ4n) is 1.68. The Morgan fingerprint density at radius 2 is 2.10 bits per heavy atom. The highest BCUT2D eigenvalue weighted by Crippen LogP contribution is 2.32. The van der Waals surface area contributed by atoms with Gasteiger partial charge in [-0.2, -0.15) is 0 Å². The van der Waals surface area contributed by atoms with Crippen LogP contribution in [0.15, 0.2) is 12.1 Å². The van der Waals surface area contributed by atoms with Gasteiger partial charge < -0.3 is 10.5 Å². The Hall–Kier alpha value is -1.37. The highest BCUT2D eigenvalue weighted by atomic mass is 35.5. The van der Waals surface area contributed by atoms with Gasteiger partial charge in [0.25, 0.3) is 0 Å². The minimum absolute atomic E-state index is 0.163. The summed E-state index contributed by atoms with van der Waals surface area (Å²) in [6.07, 6.45) is 0.163. The smallest absolute Gasteiger partial charge is 0.182 e. The first-order valence-electron chi connectivity index (χ1n) is 6.11. The molecule has 0 spiro atoms. The molecule has 2 rings (SSSR count). The zero-order valence-corrected chi connectivity index (χ0v) is 12.7. The van der Waals surface area contributed by atoms with Crippen molar-refractivity contribution in [3.05, 3.63) is 22.2 Å². The van der Waals surface area contributed by atoms with Crippen molar-refractivity contribution >= 4 is 28.9 Å².